The van der Waals surface area contributed by atoms with Crippen LogP contribution in [-0.4, -0.2) is 48.0 Å². The van der Waals surface area contributed by atoms with E-state index in [0.29, 0.717) is 0 Å². The normalized spacial score (nSPS) is 18.9. The predicted octanol–water partition coefficient (Wildman–Crippen LogP) is 2.14. The Balaban J connectivity index is 2.12. The lowest BCUT2D eigenvalue weighted by atomic mass is 9.97. The Bertz CT molecular complexity index is 485. The van der Waals surface area contributed by atoms with Gasteiger partial charge in [-0.3, -0.25) is 9.69 Å². The van der Waals surface area contributed by atoms with Crippen LogP contribution in [0.2, 0.25) is 0 Å². The smallest absolute Gasteiger partial charge is 0.219 e. The van der Waals surface area contributed by atoms with Crippen molar-refractivity contribution in [1.29, 1.82) is 0 Å². The monoisotopic (exact) mass is 276 g/mol. The molecule has 1 heterocycles. The Hall–Kier alpha value is -1.55. The van der Waals surface area contributed by atoms with Crippen LogP contribution in [0.4, 0.5) is 0 Å². The minimum absolute atomic E-state index is 0.0230. The molecule has 0 N–H and O–H groups in total. The third kappa shape index (κ3) is 3.12. The van der Waals surface area contributed by atoms with Gasteiger partial charge in [-0.05, 0) is 19.9 Å². The van der Waals surface area contributed by atoms with E-state index < -0.39 is 0 Å². The van der Waals surface area contributed by atoms with Crippen LogP contribution >= 0.6 is 0 Å². The molecule has 1 saturated heterocycles. The summed E-state index contributed by atoms with van der Waals surface area (Å²) in [5.74, 6) is 1.09. The SMILES string of the molecule is COc1ccccc1CN1CCN(C(C)=O)CC1(C)C. The number of nitrogens with zero attached hydrogens (tertiary/aromatic N) is 2. The van der Waals surface area contributed by atoms with Crippen molar-refractivity contribution in [2.45, 2.75) is 32.9 Å². The van der Waals surface area contributed by atoms with E-state index in [9.17, 15) is 4.79 Å². The molecule has 0 aliphatic carbocycles. The summed E-state index contributed by atoms with van der Waals surface area (Å²) in [5.41, 5.74) is 1.17. The Morgan fingerprint density at radius 3 is 2.60 bits per heavy atom. The number of piperazine rings is 1. The molecule has 4 nitrogen and oxygen atoms in total. The summed E-state index contributed by atoms with van der Waals surface area (Å²) < 4.78 is 5.42. The first-order chi connectivity index (χ1) is 9.44. The van der Waals surface area contributed by atoms with Crippen molar-refractivity contribution in [3.05, 3.63) is 29.8 Å². The first kappa shape index (κ1) is 14.9. The summed E-state index contributed by atoms with van der Waals surface area (Å²) in [6.07, 6.45) is 0. The molecule has 0 atom stereocenters. The fraction of sp³-hybridized carbons (Fsp3) is 0.562. The Morgan fingerprint density at radius 2 is 2.00 bits per heavy atom. The highest BCUT2D eigenvalue weighted by molar-refractivity contribution is 5.73. The van der Waals surface area contributed by atoms with Crippen LogP contribution < -0.4 is 4.74 Å². The highest BCUT2D eigenvalue weighted by atomic mass is 16.5. The number of hydrogen-bond donors (Lipinski definition) is 0. The van der Waals surface area contributed by atoms with Crippen LogP contribution in [0.1, 0.15) is 26.3 Å². The zero-order valence-corrected chi connectivity index (χ0v) is 12.8. The van der Waals surface area contributed by atoms with Gasteiger partial charge in [0.15, 0.2) is 0 Å². The Kier molecular flexibility index (Phi) is 4.33. The summed E-state index contributed by atoms with van der Waals surface area (Å²) >= 11 is 0. The maximum atomic E-state index is 11.5. The average molecular weight is 276 g/mol. The molecule has 1 aromatic rings. The maximum Gasteiger partial charge on any atom is 0.219 e. The van der Waals surface area contributed by atoms with Crippen LogP contribution in [0.15, 0.2) is 24.3 Å². The van der Waals surface area contributed by atoms with Crippen molar-refractivity contribution >= 4 is 5.91 Å². The molecule has 0 spiro atoms. The topological polar surface area (TPSA) is 32.8 Å². The first-order valence-corrected chi connectivity index (χ1v) is 7.06. The number of para-hydroxylation sites is 1. The quantitative estimate of drug-likeness (QED) is 0.848. The number of rotatable bonds is 3. The molecule has 0 unspecified atom stereocenters. The van der Waals surface area contributed by atoms with Crippen LogP contribution in [0, 0.1) is 0 Å². The largest absolute Gasteiger partial charge is 0.496 e. The molecule has 4 heteroatoms. The van der Waals surface area contributed by atoms with Crippen molar-refractivity contribution < 1.29 is 9.53 Å². The van der Waals surface area contributed by atoms with E-state index in [0.717, 1.165) is 31.9 Å². The lowest BCUT2D eigenvalue weighted by Crippen LogP contribution is -2.59. The van der Waals surface area contributed by atoms with E-state index in [-0.39, 0.29) is 11.4 Å². The predicted molar refractivity (Wildman–Crippen MR) is 79.7 cm³/mol. The summed E-state index contributed by atoms with van der Waals surface area (Å²) in [5, 5.41) is 0. The molecule has 1 amide bonds. The molecule has 0 bridgehead atoms. The lowest BCUT2D eigenvalue weighted by molar-refractivity contribution is -0.134. The van der Waals surface area contributed by atoms with Gasteiger partial charge < -0.3 is 9.64 Å². The van der Waals surface area contributed by atoms with Gasteiger partial charge in [0.25, 0.3) is 0 Å². The number of ether oxygens (including phenoxy) is 1. The van der Waals surface area contributed by atoms with E-state index in [2.05, 4.69) is 24.8 Å². The van der Waals surface area contributed by atoms with Gasteiger partial charge in [-0.1, -0.05) is 18.2 Å². The summed E-state index contributed by atoms with van der Waals surface area (Å²) in [4.78, 5) is 15.9. The zero-order valence-electron chi connectivity index (χ0n) is 12.8. The zero-order chi connectivity index (χ0) is 14.8. The van der Waals surface area contributed by atoms with Gasteiger partial charge in [0, 0.05) is 44.2 Å². The van der Waals surface area contributed by atoms with Gasteiger partial charge >= 0.3 is 0 Å². The molecule has 1 aliphatic rings. The second-order valence-electron chi connectivity index (χ2n) is 5.99. The average Bonchev–Trinajstić information content (AvgIpc) is 2.41. The summed E-state index contributed by atoms with van der Waals surface area (Å²) in [6, 6.07) is 8.12. The summed E-state index contributed by atoms with van der Waals surface area (Å²) in [6.45, 7) is 9.35. The molecular formula is C16H24N2O2. The van der Waals surface area contributed by atoms with Crippen molar-refractivity contribution in [3.8, 4) is 5.75 Å². The molecule has 1 fully saturated rings. The molecule has 2 rings (SSSR count). The number of methoxy groups -OCH3 is 1. The second kappa shape index (κ2) is 5.83. The van der Waals surface area contributed by atoms with Crippen molar-refractivity contribution in [1.82, 2.24) is 9.80 Å². The minimum atomic E-state index is -0.0230. The first-order valence-electron chi connectivity index (χ1n) is 7.06. The molecule has 20 heavy (non-hydrogen) atoms. The molecule has 1 aromatic carbocycles. The van der Waals surface area contributed by atoms with Crippen molar-refractivity contribution in [3.63, 3.8) is 0 Å². The van der Waals surface area contributed by atoms with Gasteiger partial charge in [0.2, 0.25) is 5.91 Å². The molecule has 0 radical (unpaired) electrons. The van der Waals surface area contributed by atoms with Crippen LogP contribution in [0.3, 0.4) is 0 Å². The third-order valence-electron chi connectivity index (χ3n) is 4.07. The molecule has 1 aliphatic heterocycles. The third-order valence-corrected chi connectivity index (χ3v) is 4.07. The van der Waals surface area contributed by atoms with Crippen LogP contribution in [0.5, 0.6) is 5.75 Å². The number of amides is 1. The fourth-order valence-corrected chi connectivity index (χ4v) is 2.79. The number of benzene rings is 1. The fourth-order valence-electron chi connectivity index (χ4n) is 2.79. The number of carbonyl (C=O) groups excluding carboxylic acids is 1. The number of carbonyl (C=O) groups is 1. The molecular weight excluding hydrogens is 252 g/mol. The van der Waals surface area contributed by atoms with Crippen LogP contribution in [0.25, 0.3) is 0 Å². The maximum absolute atomic E-state index is 11.5. The number of hydrogen-bond acceptors (Lipinski definition) is 3. The lowest BCUT2D eigenvalue weighted by Gasteiger charge is -2.47. The Morgan fingerprint density at radius 1 is 1.30 bits per heavy atom. The highest BCUT2D eigenvalue weighted by Crippen LogP contribution is 2.26. The summed E-state index contributed by atoms with van der Waals surface area (Å²) in [7, 11) is 1.71. The highest BCUT2D eigenvalue weighted by Gasteiger charge is 2.34. The molecule has 0 saturated carbocycles. The van der Waals surface area contributed by atoms with E-state index in [1.54, 1.807) is 14.0 Å². The van der Waals surface area contributed by atoms with Crippen molar-refractivity contribution in [2.24, 2.45) is 0 Å². The van der Waals surface area contributed by atoms with E-state index in [1.807, 2.05) is 23.1 Å². The molecule has 110 valence electrons. The van der Waals surface area contributed by atoms with Gasteiger partial charge in [0.05, 0.1) is 7.11 Å². The van der Waals surface area contributed by atoms with Gasteiger partial charge in [-0.25, -0.2) is 0 Å². The van der Waals surface area contributed by atoms with Crippen LogP contribution in [-0.2, 0) is 11.3 Å². The van der Waals surface area contributed by atoms with Gasteiger partial charge in [0.1, 0.15) is 5.75 Å². The van der Waals surface area contributed by atoms with E-state index in [4.69, 9.17) is 4.74 Å². The standard InChI is InChI=1S/C16H24N2O2/c1-13(19)17-9-10-18(16(2,3)12-17)11-14-7-5-6-8-15(14)20-4/h5-8H,9-12H2,1-4H3. The van der Waals surface area contributed by atoms with E-state index >= 15 is 0 Å². The van der Waals surface area contributed by atoms with Gasteiger partial charge in [-0.2, -0.15) is 0 Å². The van der Waals surface area contributed by atoms with E-state index in [1.165, 1.54) is 5.56 Å². The second-order valence-corrected chi connectivity index (χ2v) is 5.99. The van der Waals surface area contributed by atoms with Gasteiger partial charge in [-0.15, -0.1) is 0 Å². The van der Waals surface area contributed by atoms with Crippen molar-refractivity contribution in [2.75, 3.05) is 26.7 Å². The molecule has 0 aromatic heterocycles. The Labute approximate surface area is 121 Å². The minimum Gasteiger partial charge on any atom is -0.496 e.